The molecule has 13 heavy (non-hydrogen) atoms. The van der Waals surface area contributed by atoms with E-state index in [4.69, 9.17) is 16.3 Å². The van der Waals surface area contributed by atoms with E-state index in [1.54, 1.807) is 13.8 Å². The first-order valence-corrected chi connectivity index (χ1v) is 4.14. The van der Waals surface area contributed by atoms with Gasteiger partial charge in [-0.3, -0.25) is 0 Å². The Morgan fingerprint density at radius 1 is 1.77 bits per heavy atom. The smallest absolute Gasteiger partial charge is 0.330 e. The lowest BCUT2D eigenvalue weighted by atomic mass is 10.3. The van der Waals surface area contributed by atoms with Gasteiger partial charge in [-0.1, -0.05) is 5.10 Å². The zero-order valence-corrected chi connectivity index (χ0v) is 8.02. The van der Waals surface area contributed by atoms with Crippen molar-refractivity contribution in [3.05, 3.63) is 5.28 Å². The van der Waals surface area contributed by atoms with E-state index < -0.39 is 12.0 Å². The number of nitrogens with zero attached hydrogens (tertiary/aromatic N) is 4. The van der Waals surface area contributed by atoms with Crippen LogP contribution in [-0.4, -0.2) is 32.8 Å². The lowest BCUT2D eigenvalue weighted by Gasteiger charge is -2.09. The predicted molar refractivity (Wildman–Crippen MR) is 44.2 cm³/mol. The zero-order chi connectivity index (χ0) is 9.84. The van der Waals surface area contributed by atoms with Crippen LogP contribution in [0.3, 0.4) is 0 Å². The number of esters is 1. The second kappa shape index (κ2) is 4.18. The minimum absolute atomic E-state index is 0.0700. The average molecular weight is 205 g/mol. The van der Waals surface area contributed by atoms with Crippen LogP contribution in [0.1, 0.15) is 19.9 Å². The fraction of sp³-hybridized carbons (Fsp3) is 0.667. The number of hydrogen-bond donors (Lipinski definition) is 0. The molecule has 0 aliphatic rings. The molecule has 0 saturated heterocycles. The van der Waals surface area contributed by atoms with Crippen molar-refractivity contribution in [3.63, 3.8) is 0 Å². The van der Waals surface area contributed by atoms with Crippen molar-refractivity contribution < 1.29 is 9.53 Å². The Kier molecular flexibility index (Phi) is 3.18. The van der Waals surface area contributed by atoms with Crippen LogP contribution in [0.5, 0.6) is 0 Å². The van der Waals surface area contributed by atoms with E-state index in [1.165, 1.54) is 4.68 Å². The van der Waals surface area contributed by atoms with E-state index in [1.807, 2.05) is 0 Å². The largest absolute Gasteiger partial charge is 0.464 e. The van der Waals surface area contributed by atoms with Crippen molar-refractivity contribution >= 4 is 17.6 Å². The molecule has 1 atom stereocenters. The highest BCUT2D eigenvalue weighted by atomic mass is 35.5. The van der Waals surface area contributed by atoms with Gasteiger partial charge in [0.05, 0.1) is 6.61 Å². The number of carbonyl (C=O) groups excluding carboxylic acids is 1. The maximum Gasteiger partial charge on any atom is 0.330 e. The SMILES string of the molecule is CCOC(=O)C(C)n1nnnc1Cl. The van der Waals surface area contributed by atoms with Gasteiger partial charge in [-0.2, -0.15) is 0 Å². The monoisotopic (exact) mass is 204 g/mol. The van der Waals surface area contributed by atoms with Crippen molar-refractivity contribution in [2.45, 2.75) is 19.9 Å². The molecule has 0 bridgehead atoms. The Balaban J connectivity index is 2.73. The lowest BCUT2D eigenvalue weighted by Crippen LogP contribution is -2.20. The second-order valence-corrected chi connectivity index (χ2v) is 2.66. The van der Waals surface area contributed by atoms with Crippen LogP contribution in [0.2, 0.25) is 5.28 Å². The third-order valence-electron chi connectivity index (χ3n) is 1.45. The number of rotatable bonds is 3. The van der Waals surface area contributed by atoms with E-state index >= 15 is 0 Å². The summed E-state index contributed by atoms with van der Waals surface area (Å²) in [5.41, 5.74) is 0. The topological polar surface area (TPSA) is 69.9 Å². The summed E-state index contributed by atoms with van der Waals surface area (Å²) in [6.07, 6.45) is 0. The molecule has 1 heterocycles. The van der Waals surface area contributed by atoms with E-state index in [9.17, 15) is 4.79 Å². The first-order chi connectivity index (χ1) is 6.16. The molecule has 0 saturated carbocycles. The summed E-state index contributed by atoms with van der Waals surface area (Å²) < 4.78 is 5.96. The summed E-state index contributed by atoms with van der Waals surface area (Å²) in [6.45, 7) is 3.66. The summed E-state index contributed by atoms with van der Waals surface area (Å²) in [7, 11) is 0. The molecule has 1 aromatic heterocycles. The summed E-state index contributed by atoms with van der Waals surface area (Å²) >= 11 is 5.60. The van der Waals surface area contributed by atoms with Crippen LogP contribution in [0.4, 0.5) is 0 Å². The number of hydrogen-bond acceptors (Lipinski definition) is 5. The van der Waals surface area contributed by atoms with Crippen LogP contribution in [0, 0.1) is 0 Å². The molecule has 1 rings (SSSR count). The molecular formula is C6H9ClN4O2. The number of tetrazole rings is 1. The third kappa shape index (κ3) is 2.15. The van der Waals surface area contributed by atoms with Crippen LogP contribution in [0.25, 0.3) is 0 Å². The molecule has 7 heteroatoms. The molecule has 0 aliphatic carbocycles. The summed E-state index contributed by atoms with van der Waals surface area (Å²) in [5, 5.41) is 10.4. The summed E-state index contributed by atoms with van der Waals surface area (Å²) in [5.74, 6) is -0.406. The Labute approximate surface area is 79.8 Å². The van der Waals surface area contributed by atoms with Gasteiger partial charge in [-0.15, -0.1) is 0 Å². The van der Waals surface area contributed by atoms with Crippen LogP contribution >= 0.6 is 11.6 Å². The van der Waals surface area contributed by atoms with Gasteiger partial charge in [0.1, 0.15) is 0 Å². The fourth-order valence-electron chi connectivity index (χ4n) is 0.783. The molecule has 0 fully saturated rings. The van der Waals surface area contributed by atoms with Gasteiger partial charge in [-0.05, 0) is 35.9 Å². The van der Waals surface area contributed by atoms with E-state index in [0.717, 1.165) is 0 Å². The fourth-order valence-corrected chi connectivity index (χ4v) is 0.997. The third-order valence-corrected chi connectivity index (χ3v) is 1.70. The van der Waals surface area contributed by atoms with E-state index in [0.29, 0.717) is 6.61 Å². The van der Waals surface area contributed by atoms with Crippen LogP contribution < -0.4 is 0 Å². The molecular weight excluding hydrogens is 196 g/mol. The van der Waals surface area contributed by atoms with Gasteiger partial charge in [0.15, 0.2) is 6.04 Å². The highest BCUT2D eigenvalue weighted by Crippen LogP contribution is 2.11. The Bertz CT molecular complexity index is 301. The number of ether oxygens (including phenoxy) is 1. The van der Waals surface area contributed by atoms with Gasteiger partial charge in [0.2, 0.25) is 5.28 Å². The van der Waals surface area contributed by atoms with Crippen molar-refractivity contribution in [2.75, 3.05) is 6.61 Å². The molecule has 72 valence electrons. The Hall–Kier alpha value is -1.17. The normalized spacial score (nSPS) is 12.5. The molecule has 0 N–H and O–H groups in total. The lowest BCUT2D eigenvalue weighted by molar-refractivity contribution is -0.146. The standard InChI is InChI=1S/C6H9ClN4O2/c1-3-13-5(12)4(2)11-6(7)8-9-10-11/h4H,3H2,1-2H3. The van der Waals surface area contributed by atoms with Gasteiger partial charge in [0.25, 0.3) is 0 Å². The first kappa shape index (κ1) is 9.91. The van der Waals surface area contributed by atoms with Crippen molar-refractivity contribution in [2.24, 2.45) is 0 Å². The van der Waals surface area contributed by atoms with Gasteiger partial charge < -0.3 is 4.74 Å². The number of halogens is 1. The summed E-state index contributed by atoms with van der Waals surface area (Å²) in [6, 6.07) is -0.595. The first-order valence-electron chi connectivity index (χ1n) is 3.76. The average Bonchev–Trinajstić information content (AvgIpc) is 2.50. The van der Waals surface area contributed by atoms with E-state index in [2.05, 4.69) is 15.5 Å². The maximum absolute atomic E-state index is 11.2. The maximum atomic E-state index is 11.2. The minimum atomic E-state index is -0.595. The molecule has 0 radical (unpaired) electrons. The molecule has 1 aromatic rings. The van der Waals surface area contributed by atoms with Crippen LogP contribution in [-0.2, 0) is 9.53 Å². The number of carbonyl (C=O) groups is 1. The Morgan fingerprint density at radius 2 is 2.46 bits per heavy atom. The predicted octanol–water partition coefficient (Wildman–Crippen LogP) is 0.451. The molecule has 6 nitrogen and oxygen atoms in total. The van der Waals surface area contributed by atoms with Crippen molar-refractivity contribution in [1.29, 1.82) is 0 Å². The minimum Gasteiger partial charge on any atom is -0.464 e. The Morgan fingerprint density at radius 3 is 2.92 bits per heavy atom. The van der Waals surface area contributed by atoms with Crippen molar-refractivity contribution in [3.8, 4) is 0 Å². The molecule has 0 aromatic carbocycles. The molecule has 1 unspecified atom stereocenters. The van der Waals surface area contributed by atoms with Gasteiger partial charge >= 0.3 is 5.97 Å². The highest BCUT2D eigenvalue weighted by molar-refractivity contribution is 6.28. The molecule has 0 amide bonds. The number of aromatic nitrogens is 4. The zero-order valence-electron chi connectivity index (χ0n) is 7.27. The van der Waals surface area contributed by atoms with Gasteiger partial charge in [-0.25, -0.2) is 9.48 Å². The van der Waals surface area contributed by atoms with Crippen molar-refractivity contribution in [1.82, 2.24) is 20.2 Å². The quantitative estimate of drug-likeness (QED) is 0.669. The summed E-state index contributed by atoms with van der Waals surface area (Å²) in [4.78, 5) is 11.2. The second-order valence-electron chi connectivity index (χ2n) is 2.32. The van der Waals surface area contributed by atoms with E-state index in [-0.39, 0.29) is 5.28 Å². The molecule has 0 spiro atoms. The molecule has 0 aliphatic heterocycles. The van der Waals surface area contributed by atoms with Gasteiger partial charge in [0, 0.05) is 0 Å². The highest BCUT2D eigenvalue weighted by Gasteiger charge is 2.19. The van der Waals surface area contributed by atoms with Crippen LogP contribution in [0.15, 0.2) is 0 Å².